The monoisotopic (exact) mass is 382 g/mol. The minimum atomic E-state index is 0. The van der Waals surface area contributed by atoms with Gasteiger partial charge in [-0.05, 0) is 39.3 Å². The lowest BCUT2D eigenvalue weighted by Gasteiger charge is -2.24. The van der Waals surface area contributed by atoms with Crippen LogP contribution >= 0.6 is 24.8 Å². The molecule has 2 aliphatic rings. The summed E-state index contributed by atoms with van der Waals surface area (Å²) in [6.07, 6.45) is 4.75. The molecule has 0 unspecified atom stereocenters. The first kappa shape index (κ1) is 23.4. The van der Waals surface area contributed by atoms with Gasteiger partial charge in [0.25, 0.3) is 0 Å². The molecular weight excluding hydrogens is 351 g/mol. The minimum Gasteiger partial charge on any atom is -0.342 e. The van der Waals surface area contributed by atoms with Gasteiger partial charge in [-0.1, -0.05) is 0 Å². The predicted octanol–water partition coefficient (Wildman–Crippen LogP) is 0.986. The van der Waals surface area contributed by atoms with Gasteiger partial charge in [0, 0.05) is 45.7 Å². The SMILES string of the molecule is CNCCCC(=O)N1CCCN(CC(=O)N2CCCC2)CC1.Cl.Cl. The van der Waals surface area contributed by atoms with Gasteiger partial charge < -0.3 is 15.1 Å². The topological polar surface area (TPSA) is 55.9 Å². The summed E-state index contributed by atoms with van der Waals surface area (Å²) in [4.78, 5) is 30.5. The molecule has 142 valence electrons. The molecule has 0 atom stereocenters. The Morgan fingerprint density at radius 3 is 2.12 bits per heavy atom. The number of halogens is 2. The van der Waals surface area contributed by atoms with E-state index in [2.05, 4.69) is 10.2 Å². The Balaban J connectivity index is 0.00000264. The van der Waals surface area contributed by atoms with Crippen molar-refractivity contribution in [3.63, 3.8) is 0 Å². The maximum atomic E-state index is 12.2. The summed E-state index contributed by atoms with van der Waals surface area (Å²) in [5.74, 6) is 0.509. The van der Waals surface area contributed by atoms with E-state index in [1.165, 1.54) is 0 Å². The van der Waals surface area contributed by atoms with Crippen molar-refractivity contribution < 1.29 is 9.59 Å². The molecule has 2 rings (SSSR count). The van der Waals surface area contributed by atoms with Gasteiger partial charge in [0.1, 0.15) is 0 Å². The predicted molar refractivity (Wildman–Crippen MR) is 101 cm³/mol. The molecule has 0 radical (unpaired) electrons. The van der Waals surface area contributed by atoms with Gasteiger partial charge >= 0.3 is 0 Å². The van der Waals surface area contributed by atoms with Gasteiger partial charge in [-0.15, -0.1) is 24.8 Å². The maximum Gasteiger partial charge on any atom is 0.236 e. The van der Waals surface area contributed by atoms with Gasteiger partial charge in [-0.2, -0.15) is 0 Å². The van der Waals surface area contributed by atoms with Crippen molar-refractivity contribution in [3.05, 3.63) is 0 Å². The van der Waals surface area contributed by atoms with E-state index in [4.69, 9.17) is 0 Å². The van der Waals surface area contributed by atoms with E-state index in [1.807, 2.05) is 16.8 Å². The summed E-state index contributed by atoms with van der Waals surface area (Å²) in [6.45, 7) is 6.55. The van der Waals surface area contributed by atoms with Crippen LogP contribution in [0.2, 0.25) is 0 Å². The van der Waals surface area contributed by atoms with Crippen molar-refractivity contribution in [2.45, 2.75) is 32.1 Å². The van der Waals surface area contributed by atoms with Crippen LogP contribution in [0, 0.1) is 0 Å². The molecule has 0 aromatic heterocycles. The van der Waals surface area contributed by atoms with E-state index < -0.39 is 0 Å². The molecule has 0 saturated carbocycles. The second-order valence-corrected chi connectivity index (χ2v) is 6.31. The van der Waals surface area contributed by atoms with Crippen LogP contribution in [0.15, 0.2) is 0 Å². The minimum absolute atomic E-state index is 0. The molecule has 8 heteroatoms. The van der Waals surface area contributed by atoms with Crippen molar-refractivity contribution in [3.8, 4) is 0 Å². The van der Waals surface area contributed by atoms with Gasteiger partial charge in [-0.3, -0.25) is 14.5 Å². The summed E-state index contributed by atoms with van der Waals surface area (Å²) in [6, 6.07) is 0. The van der Waals surface area contributed by atoms with Gasteiger partial charge in [-0.25, -0.2) is 0 Å². The number of nitrogens with zero attached hydrogens (tertiary/aromatic N) is 3. The van der Waals surface area contributed by atoms with Gasteiger partial charge in [0.2, 0.25) is 11.8 Å². The van der Waals surface area contributed by atoms with Crippen LogP contribution in [-0.2, 0) is 9.59 Å². The molecule has 24 heavy (non-hydrogen) atoms. The maximum absolute atomic E-state index is 12.2. The Kier molecular flexibility index (Phi) is 12.5. The number of hydrogen-bond acceptors (Lipinski definition) is 4. The second-order valence-electron chi connectivity index (χ2n) is 6.31. The highest BCUT2D eigenvalue weighted by atomic mass is 35.5. The van der Waals surface area contributed by atoms with Gasteiger partial charge in [0.05, 0.1) is 6.54 Å². The molecule has 2 fully saturated rings. The molecule has 0 bridgehead atoms. The van der Waals surface area contributed by atoms with Crippen molar-refractivity contribution in [1.29, 1.82) is 0 Å². The van der Waals surface area contributed by atoms with Crippen LogP contribution in [-0.4, -0.2) is 85.9 Å². The fourth-order valence-electron chi connectivity index (χ4n) is 3.21. The second kappa shape index (κ2) is 12.8. The van der Waals surface area contributed by atoms with Crippen molar-refractivity contribution in [2.24, 2.45) is 0 Å². The van der Waals surface area contributed by atoms with Crippen LogP contribution in [0.25, 0.3) is 0 Å². The number of rotatable bonds is 6. The zero-order chi connectivity index (χ0) is 15.8. The summed E-state index contributed by atoms with van der Waals surface area (Å²) in [5, 5.41) is 3.07. The average Bonchev–Trinajstić information content (AvgIpc) is 2.95. The quantitative estimate of drug-likeness (QED) is 0.695. The summed E-state index contributed by atoms with van der Waals surface area (Å²) in [7, 11) is 1.91. The number of amides is 2. The van der Waals surface area contributed by atoms with Crippen LogP contribution < -0.4 is 5.32 Å². The smallest absolute Gasteiger partial charge is 0.236 e. The lowest BCUT2D eigenvalue weighted by molar-refractivity contribution is -0.131. The highest BCUT2D eigenvalue weighted by molar-refractivity contribution is 5.85. The van der Waals surface area contributed by atoms with Crippen molar-refractivity contribution >= 4 is 36.6 Å². The molecule has 1 N–H and O–H groups in total. The van der Waals surface area contributed by atoms with E-state index in [0.29, 0.717) is 13.0 Å². The molecule has 2 aliphatic heterocycles. The Bertz CT molecular complexity index is 379. The fourth-order valence-corrected chi connectivity index (χ4v) is 3.21. The van der Waals surface area contributed by atoms with Crippen LogP contribution in [0.5, 0.6) is 0 Å². The van der Waals surface area contributed by atoms with E-state index in [9.17, 15) is 9.59 Å². The normalized spacial score (nSPS) is 18.5. The molecule has 0 aromatic carbocycles. The third kappa shape index (κ3) is 7.55. The van der Waals surface area contributed by atoms with Gasteiger partial charge in [0.15, 0.2) is 0 Å². The first-order valence-corrected chi connectivity index (χ1v) is 8.63. The van der Waals surface area contributed by atoms with Crippen molar-refractivity contribution in [2.75, 3.05) is 59.4 Å². The third-order valence-corrected chi connectivity index (χ3v) is 4.58. The van der Waals surface area contributed by atoms with Crippen molar-refractivity contribution in [1.82, 2.24) is 20.0 Å². The molecule has 0 aromatic rings. The molecule has 2 amide bonds. The van der Waals surface area contributed by atoms with E-state index in [0.717, 1.165) is 71.5 Å². The summed E-state index contributed by atoms with van der Waals surface area (Å²) in [5.41, 5.74) is 0. The standard InChI is InChI=1S/C16H30N4O2.2ClH/c1-17-7-4-6-15(21)20-11-5-8-18(12-13-20)14-16(22)19-9-2-3-10-19;;/h17H,2-14H2,1H3;2*1H. The van der Waals surface area contributed by atoms with E-state index >= 15 is 0 Å². The number of carbonyl (C=O) groups is 2. The Labute approximate surface area is 158 Å². The zero-order valence-electron chi connectivity index (χ0n) is 14.7. The average molecular weight is 383 g/mol. The lowest BCUT2D eigenvalue weighted by Crippen LogP contribution is -2.41. The molecular formula is C16H32Cl2N4O2. The lowest BCUT2D eigenvalue weighted by atomic mass is 10.2. The fraction of sp³-hybridized carbons (Fsp3) is 0.875. The largest absolute Gasteiger partial charge is 0.342 e. The zero-order valence-corrected chi connectivity index (χ0v) is 16.3. The number of carbonyl (C=O) groups excluding carboxylic acids is 2. The highest BCUT2D eigenvalue weighted by Gasteiger charge is 2.23. The summed E-state index contributed by atoms with van der Waals surface area (Å²) < 4.78 is 0. The number of nitrogens with one attached hydrogen (secondary N) is 1. The Morgan fingerprint density at radius 2 is 1.46 bits per heavy atom. The first-order chi connectivity index (χ1) is 10.7. The number of hydrogen-bond donors (Lipinski definition) is 1. The van der Waals surface area contributed by atoms with E-state index in [-0.39, 0.29) is 36.6 Å². The first-order valence-electron chi connectivity index (χ1n) is 8.63. The Morgan fingerprint density at radius 1 is 0.833 bits per heavy atom. The van der Waals surface area contributed by atoms with Crippen LogP contribution in [0.4, 0.5) is 0 Å². The van der Waals surface area contributed by atoms with E-state index in [1.54, 1.807) is 0 Å². The molecule has 2 heterocycles. The molecule has 2 saturated heterocycles. The summed E-state index contributed by atoms with van der Waals surface area (Å²) >= 11 is 0. The van der Waals surface area contributed by atoms with Crippen LogP contribution in [0.1, 0.15) is 32.1 Å². The molecule has 0 aliphatic carbocycles. The third-order valence-electron chi connectivity index (χ3n) is 4.58. The highest BCUT2D eigenvalue weighted by Crippen LogP contribution is 2.10. The molecule has 0 spiro atoms. The van der Waals surface area contributed by atoms with Crippen LogP contribution in [0.3, 0.4) is 0 Å². The molecule has 6 nitrogen and oxygen atoms in total. The number of likely N-dealkylation sites (tertiary alicyclic amines) is 1. The Hall–Kier alpha value is -0.560.